The molecule has 0 aromatic heterocycles. The van der Waals surface area contributed by atoms with Gasteiger partial charge in [0, 0.05) is 18.4 Å². The number of nitrogens with zero attached hydrogens (tertiary/aromatic N) is 1. The maximum atomic E-state index is 5.41. The third kappa shape index (κ3) is 4.16. The minimum atomic E-state index is 0.400. The molecule has 18 heavy (non-hydrogen) atoms. The molecule has 3 unspecified atom stereocenters. The summed E-state index contributed by atoms with van der Waals surface area (Å²) in [5, 5.41) is 5.41. The summed E-state index contributed by atoms with van der Waals surface area (Å²) in [6.45, 7) is 7.89. The highest BCUT2D eigenvalue weighted by atomic mass is 32.2. The number of nitrogens with one attached hydrogen (secondary N) is 1. The van der Waals surface area contributed by atoms with E-state index < -0.39 is 0 Å². The Morgan fingerprint density at radius 3 is 2.78 bits per heavy atom. The predicted molar refractivity (Wildman–Crippen MR) is 79.3 cm³/mol. The number of methoxy groups -OCH3 is 1. The first kappa shape index (κ1) is 14.2. The van der Waals surface area contributed by atoms with Crippen molar-refractivity contribution in [3.63, 3.8) is 0 Å². The zero-order valence-corrected chi connectivity index (χ0v) is 12.8. The summed E-state index contributed by atoms with van der Waals surface area (Å²) in [6, 6.07) is 0.564. The Morgan fingerprint density at radius 1 is 1.39 bits per heavy atom. The van der Waals surface area contributed by atoms with E-state index in [2.05, 4.69) is 31.1 Å². The van der Waals surface area contributed by atoms with Gasteiger partial charge < -0.3 is 10.1 Å². The Labute approximate surface area is 115 Å². The van der Waals surface area contributed by atoms with Gasteiger partial charge in [0.25, 0.3) is 0 Å². The molecule has 1 N–H and O–H groups in total. The molecular weight excluding hydrogens is 244 g/mol. The Balaban J connectivity index is 1.73. The first-order chi connectivity index (χ1) is 8.46. The third-order valence-electron chi connectivity index (χ3n) is 3.60. The molecule has 3 nitrogen and oxygen atoms in total. The van der Waals surface area contributed by atoms with Crippen molar-refractivity contribution in [3.8, 4) is 0 Å². The van der Waals surface area contributed by atoms with Gasteiger partial charge in [-0.25, -0.2) is 0 Å². The highest BCUT2D eigenvalue weighted by molar-refractivity contribution is 8.14. The molecule has 1 saturated carbocycles. The molecule has 3 atom stereocenters. The average molecular weight is 270 g/mol. The quantitative estimate of drug-likeness (QED) is 0.856. The summed E-state index contributed by atoms with van der Waals surface area (Å²) in [5.74, 6) is 0. The van der Waals surface area contributed by atoms with Crippen LogP contribution in [-0.4, -0.2) is 36.2 Å². The van der Waals surface area contributed by atoms with Crippen LogP contribution >= 0.6 is 11.8 Å². The van der Waals surface area contributed by atoms with E-state index in [1.807, 2.05) is 18.9 Å². The molecule has 0 radical (unpaired) electrons. The summed E-state index contributed by atoms with van der Waals surface area (Å²) in [6.07, 6.45) is 5.19. The van der Waals surface area contributed by atoms with E-state index in [4.69, 9.17) is 4.74 Å². The van der Waals surface area contributed by atoms with Crippen molar-refractivity contribution in [2.75, 3.05) is 13.7 Å². The van der Waals surface area contributed by atoms with E-state index >= 15 is 0 Å². The number of ether oxygens (including phenoxy) is 1. The Kier molecular flexibility index (Phi) is 4.59. The molecule has 1 aliphatic heterocycles. The lowest BCUT2D eigenvalue weighted by Gasteiger charge is -2.22. The molecular formula is C14H26N2OS. The minimum absolute atomic E-state index is 0.400. The first-order valence-electron chi connectivity index (χ1n) is 6.97. The summed E-state index contributed by atoms with van der Waals surface area (Å²) >= 11 is 1.93. The molecule has 1 heterocycles. The van der Waals surface area contributed by atoms with Crippen LogP contribution in [0.4, 0.5) is 0 Å². The number of rotatable bonds is 3. The number of aliphatic imine (C=N–C) groups is 1. The van der Waals surface area contributed by atoms with Crippen LogP contribution in [0.25, 0.3) is 0 Å². The van der Waals surface area contributed by atoms with Crippen molar-refractivity contribution >= 4 is 16.9 Å². The van der Waals surface area contributed by atoms with E-state index in [1.165, 1.54) is 19.3 Å². The van der Waals surface area contributed by atoms with Crippen LogP contribution in [0.1, 0.15) is 46.5 Å². The summed E-state index contributed by atoms with van der Waals surface area (Å²) in [5.41, 5.74) is 0.400. The van der Waals surface area contributed by atoms with E-state index in [1.54, 1.807) is 0 Å². The number of amidine groups is 1. The normalized spacial score (nSPS) is 32.7. The smallest absolute Gasteiger partial charge is 0.157 e. The van der Waals surface area contributed by atoms with E-state index in [0.717, 1.165) is 18.1 Å². The number of thioether (sulfide) groups is 1. The molecule has 104 valence electrons. The summed E-state index contributed by atoms with van der Waals surface area (Å²) in [4.78, 5) is 4.64. The lowest BCUT2D eigenvalue weighted by atomic mass is 9.90. The van der Waals surface area contributed by atoms with E-state index in [9.17, 15) is 0 Å². The van der Waals surface area contributed by atoms with Gasteiger partial charge in [-0.2, -0.15) is 0 Å². The predicted octanol–water partition coefficient (Wildman–Crippen LogP) is 3.05. The van der Waals surface area contributed by atoms with Crippen molar-refractivity contribution < 1.29 is 4.74 Å². The molecule has 2 rings (SSSR count). The molecule has 0 amide bonds. The van der Waals surface area contributed by atoms with Crippen molar-refractivity contribution in [1.82, 2.24) is 5.32 Å². The van der Waals surface area contributed by atoms with Gasteiger partial charge in [-0.1, -0.05) is 32.5 Å². The highest BCUT2D eigenvalue weighted by Gasteiger charge is 2.29. The van der Waals surface area contributed by atoms with Crippen LogP contribution in [0.15, 0.2) is 4.99 Å². The van der Waals surface area contributed by atoms with Crippen LogP contribution in [0.3, 0.4) is 0 Å². The second-order valence-electron chi connectivity index (χ2n) is 6.66. The standard InChI is InChI=1S/C14H26N2OS/c1-14(2,3)8-12-9-15-13(18-12)16-10-5-6-11(7-10)17-4/h10-12H,5-9H2,1-4H3,(H,15,16). The zero-order chi connectivity index (χ0) is 13.2. The van der Waals surface area contributed by atoms with E-state index in [-0.39, 0.29) is 0 Å². The Morgan fingerprint density at radius 2 is 2.17 bits per heavy atom. The molecule has 0 saturated heterocycles. The molecule has 0 aromatic carbocycles. The monoisotopic (exact) mass is 270 g/mol. The summed E-state index contributed by atoms with van der Waals surface area (Å²) in [7, 11) is 1.81. The molecule has 0 aromatic rings. The van der Waals surface area contributed by atoms with Crippen molar-refractivity contribution in [1.29, 1.82) is 0 Å². The fraction of sp³-hybridized carbons (Fsp3) is 0.929. The molecule has 1 fully saturated rings. The van der Waals surface area contributed by atoms with Gasteiger partial charge in [0.15, 0.2) is 5.17 Å². The average Bonchev–Trinajstić information content (AvgIpc) is 2.86. The van der Waals surface area contributed by atoms with Gasteiger partial charge in [0.2, 0.25) is 0 Å². The maximum absolute atomic E-state index is 5.41. The second kappa shape index (κ2) is 5.83. The van der Waals surface area contributed by atoms with Crippen LogP contribution in [0, 0.1) is 5.41 Å². The number of hydrogen-bond donors (Lipinski definition) is 1. The lowest BCUT2D eigenvalue weighted by molar-refractivity contribution is 0.107. The summed E-state index contributed by atoms with van der Waals surface area (Å²) < 4.78 is 5.41. The SMILES string of the molecule is COC1CCC(NC2=NCC(CC(C)(C)C)S2)C1. The minimum Gasteiger partial charge on any atom is -0.381 e. The van der Waals surface area contributed by atoms with Gasteiger partial charge in [0.05, 0.1) is 12.6 Å². The van der Waals surface area contributed by atoms with Crippen LogP contribution in [0.5, 0.6) is 0 Å². The molecule has 0 spiro atoms. The number of hydrogen-bond acceptors (Lipinski definition) is 4. The Bertz CT molecular complexity index is 311. The fourth-order valence-electron chi connectivity index (χ4n) is 2.75. The topological polar surface area (TPSA) is 33.6 Å². The van der Waals surface area contributed by atoms with E-state index in [0.29, 0.717) is 22.8 Å². The van der Waals surface area contributed by atoms with Gasteiger partial charge in [-0.05, 0) is 31.1 Å². The largest absolute Gasteiger partial charge is 0.381 e. The molecule has 1 aliphatic carbocycles. The van der Waals surface area contributed by atoms with Crippen LogP contribution < -0.4 is 5.32 Å². The maximum Gasteiger partial charge on any atom is 0.157 e. The Hall–Kier alpha value is -0.220. The zero-order valence-electron chi connectivity index (χ0n) is 12.0. The van der Waals surface area contributed by atoms with Gasteiger partial charge in [0.1, 0.15) is 0 Å². The highest BCUT2D eigenvalue weighted by Crippen LogP contribution is 2.32. The van der Waals surface area contributed by atoms with Crippen molar-refractivity contribution in [2.45, 2.75) is 63.9 Å². The molecule has 0 bridgehead atoms. The first-order valence-corrected chi connectivity index (χ1v) is 7.84. The second-order valence-corrected chi connectivity index (χ2v) is 7.95. The van der Waals surface area contributed by atoms with Crippen molar-refractivity contribution in [2.24, 2.45) is 10.4 Å². The van der Waals surface area contributed by atoms with Crippen LogP contribution in [-0.2, 0) is 4.74 Å². The van der Waals surface area contributed by atoms with Gasteiger partial charge in [-0.15, -0.1) is 0 Å². The van der Waals surface area contributed by atoms with Crippen LogP contribution in [0.2, 0.25) is 0 Å². The van der Waals surface area contributed by atoms with Crippen molar-refractivity contribution in [3.05, 3.63) is 0 Å². The lowest BCUT2D eigenvalue weighted by Crippen LogP contribution is -2.31. The fourth-order valence-corrected chi connectivity index (χ4v) is 4.18. The van der Waals surface area contributed by atoms with Gasteiger partial charge in [-0.3, -0.25) is 4.99 Å². The van der Waals surface area contributed by atoms with Gasteiger partial charge >= 0.3 is 0 Å². The molecule has 2 aliphatic rings. The third-order valence-corrected chi connectivity index (χ3v) is 4.72. The molecule has 4 heteroatoms.